The van der Waals surface area contributed by atoms with Crippen LogP contribution in [-0.4, -0.2) is 20.5 Å². The Hall–Kier alpha value is -1.68. The lowest BCUT2D eigenvalue weighted by atomic mass is 9.99. The van der Waals surface area contributed by atoms with Gasteiger partial charge in [0.1, 0.15) is 17.2 Å². The molecule has 0 bridgehead atoms. The van der Waals surface area contributed by atoms with Gasteiger partial charge in [-0.1, -0.05) is 32.9 Å². The van der Waals surface area contributed by atoms with Gasteiger partial charge < -0.3 is 14.3 Å². The molecule has 2 aromatic carbocycles. The fourth-order valence-electron chi connectivity index (χ4n) is 2.64. The summed E-state index contributed by atoms with van der Waals surface area (Å²) in [5.74, 6) is 1.82. The summed E-state index contributed by atoms with van der Waals surface area (Å²) in [5, 5.41) is 12.4. The number of ether oxygens (including phenoxy) is 1. The summed E-state index contributed by atoms with van der Waals surface area (Å²) >= 11 is 0. The standard InChI is InChI=1S/C19H28O3Si/c1-12-16-14(17(20)13(2)18(12)21-6)10-9-11-15(16)22-23(7,8)19(3,4)5/h9-11,20H,1-8H3. The number of aromatic hydroxyl groups is 1. The molecule has 4 heteroatoms. The highest BCUT2D eigenvalue weighted by Gasteiger charge is 2.39. The quantitative estimate of drug-likeness (QED) is 0.748. The van der Waals surface area contributed by atoms with Crippen molar-refractivity contribution in [3.8, 4) is 17.2 Å². The van der Waals surface area contributed by atoms with Gasteiger partial charge in [0, 0.05) is 21.9 Å². The van der Waals surface area contributed by atoms with Gasteiger partial charge in [0.2, 0.25) is 0 Å². The van der Waals surface area contributed by atoms with E-state index >= 15 is 0 Å². The maximum atomic E-state index is 10.6. The van der Waals surface area contributed by atoms with Gasteiger partial charge in [0.25, 0.3) is 8.32 Å². The maximum Gasteiger partial charge on any atom is 0.250 e. The van der Waals surface area contributed by atoms with E-state index in [1.807, 2.05) is 32.0 Å². The van der Waals surface area contributed by atoms with Crippen molar-refractivity contribution >= 4 is 19.1 Å². The molecule has 0 aliphatic rings. The molecule has 0 saturated heterocycles. The molecule has 0 saturated carbocycles. The van der Waals surface area contributed by atoms with E-state index in [9.17, 15) is 5.11 Å². The first-order chi connectivity index (χ1) is 10.5. The van der Waals surface area contributed by atoms with E-state index in [-0.39, 0.29) is 10.8 Å². The molecule has 0 amide bonds. The van der Waals surface area contributed by atoms with Gasteiger partial charge in [-0.15, -0.1) is 0 Å². The van der Waals surface area contributed by atoms with Crippen LogP contribution in [0.25, 0.3) is 10.8 Å². The first-order valence-corrected chi connectivity index (χ1v) is 10.9. The van der Waals surface area contributed by atoms with Gasteiger partial charge in [-0.2, -0.15) is 0 Å². The molecule has 23 heavy (non-hydrogen) atoms. The van der Waals surface area contributed by atoms with Gasteiger partial charge in [-0.3, -0.25) is 0 Å². The predicted molar refractivity (Wildman–Crippen MR) is 99.5 cm³/mol. The van der Waals surface area contributed by atoms with Crippen LogP contribution in [0.15, 0.2) is 18.2 Å². The minimum atomic E-state index is -1.97. The van der Waals surface area contributed by atoms with E-state index in [1.165, 1.54) is 0 Å². The third-order valence-electron chi connectivity index (χ3n) is 5.07. The molecule has 2 aromatic rings. The summed E-state index contributed by atoms with van der Waals surface area (Å²) in [7, 11) is -0.330. The molecule has 0 unspecified atom stereocenters. The molecule has 0 fully saturated rings. The third kappa shape index (κ3) is 2.92. The lowest BCUT2D eigenvalue weighted by Crippen LogP contribution is -2.43. The zero-order valence-electron chi connectivity index (χ0n) is 15.5. The molecule has 126 valence electrons. The number of rotatable bonds is 3. The lowest BCUT2D eigenvalue weighted by molar-refractivity contribution is 0.401. The maximum absolute atomic E-state index is 10.6. The van der Waals surface area contributed by atoms with Gasteiger partial charge in [-0.05, 0) is 38.0 Å². The highest BCUT2D eigenvalue weighted by Crippen LogP contribution is 2.45. The van der Waals surface area contributed by atoms with Crippen LogP contribution in [0.2, 0.25) is 18.1 Å². The number of aryl methyl sites for hydroxylation is 1. The summed E-state index contributed by atoms with van der Waals surface area (Å²) in [4.78, 5) is 0. The second kappa shape index (κ2) is 5.75. The number of methoxy groups -OCH3 is 1. The Morgan fingerprint density at radius 3 is 2.17 bits per heavy atom. The Balaban J connectivity index is 2.75. The van der Waals surface area contributed by atoms with Crippen molar-refractivity contribution in [2.45, 2.75) is 52.8 Å². The number of phenolic OH excluding ortho intramolecular Hbond substituents is 1. The number of hydrogen-bond acceptors (Lipinski definition) is 3. The van der Waals surface area contributed by atoms with Crippen molar-refractivity contribution in [3.05, 3.63) is 29.3 Å². The third-order valence-corrected chi connectivity index (χ3v) is 9.41. The molecular weight excluding hydrogens is 304 g/mol. The smallest absolute Gasteiger partial charge is 0.250 e. The molecule has 2 rings (SSSR count). The van der Waals surface area contributed by atoms with Crippen LogP contribution in [0.4, 0.5) is 0 Å². The highest BCUT2D eigenvalue weighted by molar-refractivity contribution is 6.74. The normalized spacial score (nSPS) is 12.5. The molecule has 1 N–H and O–H groups in total. The summed E-state index contributed by atoms with van der Waals surface area (Å²) < 4.78 is 12.0. The van der Waals surface area contributed by atoms with Gasteiger partial charge in [0.05, 0.1) is 7.11 Å². The minimum absolute atomic E-state index is 0.111. The second-order valence-electron chi connectivity index (χ2n) is 7.67. The first kappa shape index (κ1) is 17.7. The lowest BCUT2D eigenvalue weighted by Gasteiger charge is -2.37. The summed E-state index contributed by atoms with van der Waals surface area (Å²) in [5.41, 5.74) is 1.77. The molecular formula is C19H28O3Si. The molecule has 3 nitrogen and oxygen atoms in total. The van der Waals surface area contributed by atoms with Crippen LogP contribution < -0.4 is 9.16 Å². The fraction of sp³-hybridized carbons (Fsp3) is 0.474. The topological polar surface area (TPSA) is 38.7 Å². The highest BCUT2D eigenvalue weighted by atomic mass is 28.4. The van der Waals surface area contributed by atoms with Crippen molar-refractivity contribution in [3.63, 3.8) is 0 Å². The van der Waals surface area contributed by atoms with Crippen molar-refractivity contribution < 1.29 is 14.3 Å². The van der Waals surface area contributed by atoms with Crippen LogP contribution in [0.1, 0.15) is 31.9 Å². The summed E-state index contributed by atoms with van der Waals surface area (Å²) in [6, 6.07) is 5.86. The molecule has 0 heterocycles. The number of phenols is 1. The van der Waals surface area contributed by atoms with Crippen LogP contribution in [-0.2, 0) is 0 Å². The van der Waals surface area contributed by atoms with Crippen LogP contribution >= 0.6 is 0 Å². The van der Waals surface area contributed by atoms with Crippen LogP contribution in [0.5, 0.6) is 17.2 Å². The molecule has 0 radical (unpaired) electrons. The Kier molecular flexibility index (Phi) is 4.42. The van der Waals surface area contributed by atoms with Gasteiger partial charge in [0.15, 0.2) is 0 Å². The number of hydrogen-bond donors (Lipinski definition) is 1. The minimum Gasteiger partial charge on any atom is -0.543 e. The predicted octanol–water partition coefficient (Wildman–Crippen LogP) is 5.55. The molecule has 0 aromatic heterocycles. The van der Waals surface area contributed by atoms with E-state index in [4.69, 9.17) is 9.16 Å². The molecule has 0 atom stereocenters. The van der Waals surface area contributed by atoms with Gasteiger partial charge in [-0.25, -0.2) is 0 Å². The Labute approximate surface area is 140 Å². The second-order valence-corrected chi connectivity index (χ2v) is 12.4. The number of benzene rings is 2. The van der Waals surface area contributed by atoms with Gasteiger partial charge >= 0.3 is 0 Å². The van der Waals surface area contributed by atoms with Crippen molar-refractivity contribution in [2.24, 2.45) is 0 Å². The van der Waals surface area contributed by atoms with Crippen molar-refractivity contribution in [1.82, 2.24) is 0 Å². The number of fused-ring (bicyclic) bond motifs is 1. The largest absolute Gasteiger partial charge is 0.543 e. The van der Waals surface area contributed by atoms with E-state index in [1.54, 1.807) is 7.11 Å². The van der Waals surface area contributed by atoms with E-state index in [0.717, 1.165) is 33.4 Å². The van der Waals surface area contributed by atoms with E-state index < -0.39 is 8.32 Å². The van der Waals surface area contributed by atoms with E-state index in [0.29, 0.717) is 0 Å². The zero-order chi connectivity index (χ0) is 17.6. The zero-order valence-corrected chi connectivity index (χ0v) is 16.5. The summed E-state index contributed by atoms with van der Waals surface area (Å²) in [6.07, 6.45) is 0. The van der Waals surface area contributed by atoms with Crippen molar-refractivity contribution in [2.75, 3.05) is 7.11 Å². The SMILES string of the molecule is COc1c(C)c(O)c2cccc(O[Si](C)(C)C(C)(C)C)c2c1C. The van der Waals surface area contributed by atoms with E-state index in [2.05, 4.69) is 33.9 Å². The Morgan fingerprint density at radius 2 is 1.65 bits per heavy atom. The first-order valence-electron chi connectivity index (χ1n) is 7.99. The van der Waals surface area contributed by atoms with Crippen LogP contribution in [0.3, 0.4) is 0 Å². The van der Waals surface area contributed by atoms with Crippen LogP contribution in [0, 0.1) is 13.8 Å². The molecule has 0 aliphatic heterocycles. The van der Waals surface area contributed by atoms with Crippen molar-refractivity contribution in [1.29, 1.82) is 0 Å². The monoisotopic (exact) mass is 332 g/mol. The Bertz CT molecular complexity index is 743. The Morgan fingerprint density at radius 1 is 1.04 bits per heavy atom. The fourth-order valence-corrected chi connectivity index (χ4v) is 3.66. The summed E-state index contributed by atoms with van der Waals surface area (Å²) in [6.45, 7) is 15.0. The molecule has 0 aliphatic carbocycles. The molecule has 0 spiro atoms. The average molecular weight is 333 g/mol. The average Bonchev–Trinajstić information content (AvgIpc) is 2.43.